The number of piperidine rings is 1. The lowest BCUT2D eigenvalue weighted by Gasteiger charge is -2.31. The Morgan fingerprint density at radius 2 is 2.29 bits per heavy atom. The molecule has 9 heteroatoms. The minimum Gasteiger partial charge on any atom is -0.361 e. The highest BCUT2D eigenvalue weighted by molar-refractivity contribution is 7.99. The van der Waals surface area contributed by atoms with E-state index in [0.29, 0.717) is 18.1 Å². The first-order chi connectivity index (χ1) is 11.5. The number of thioether (sulfide) groups is 1. The van der Waals surface area contributed by atoms with Gasteiger partial charge in [0.2, 0.25) is 5.91 Å². The van der Waals surface area contributed by atoms with E-state index in [1.165, 1.54) is 0 Å². The van der Waals surface area contributed by atoms with Crippen LogP contribution in [0.3, 0.4) is 0 Å². The molecule has 1 fully saturated rings. The number of aryl methyl sites for hydroxylation is 2. The Hall–Kier alpha value is -2.03. The number of H-pyrrole nitrogens is 2. The highest BCUT2D eigenvalue weighted by atomic mass is 32.2. The zero-order valence-electron chi connectivity index (χ0n) is 13.8. The van der Waals surface area contributed by atoms with Gasteiger partial charge >= 0.3 is 5.69 Å². The Morgan fingerprint density at radius 1 is 1.46 bits per heavy atom. The summed E-state index contributed by atoms with van der Waals surface area (Å²) in [7, 11) is 0. The van der Waals surface area contributed by atoms with Gasteiger partial charge in [-0.2, -0.15) is 5.10 Å². The topological polar surface area (TPSA) is 108 Å². The maximum atomic E-state index is 12.4. The molecule has 3 rings (SSSR count). The maximum absolute atomic E-state index is 12.4. The molecule has 1 amide bonds. The number of hydrogen-bond acceptors (Lipinski definition) is 6. The summed E-state index contributed by atoms with van der Waals surface area (Å²) in [6, 6.07) is 0. The van der Waals surface area contributed by atoms with Gasteiger partial charge in [0.05, 0.1) is 11.4 Å². The number of aromatic amines is 2. The number of aromatic nitrogens is 4. The molecule has 0 aromatic carbocycles. The molecule has 3 heterocycles. The van der Waals surface area contributed by atoms with Gasteiger partial charge in [0.1, 0.15) is 11.6 Å². The van der Waals surface area contributed by atoms with Gasteiger partial charge in [0.15, 0.2) is 0 Å². The number of likely N-dealkylation sites (tertiary alicyclic amines) is 1. The number of carbonyl (C=O) groups is 1. The summed E-state index contributed by atoms with van der Waals surface area (Å²) < 4.78 is 5.14. The highest BCUT2D eigenvalue weighted by Crippen LogP contribution is 2.25. The number of rotatable bonds is 5. The third kappa shape index (κ3) is 3.72. The van der Waals surface area contributed by atoms with Crippen molar-refractivity contribution in [1.82, 2.24) is 25.2 Å². The van der Waals surface area contributed by atoms with Gasteiger partial charge in [-0.1, -0.05) is 5.16 Å². The summed E-state index contributed by atoms with van der Waals surface area (Å²) in [5.74, 6) is 2.81. The van der Waals surface area contributed by atoms with E-state index in [9.17, 15) is 9.59 Å². The molecule has 1 atom stereocenters. The predicted molar refractivity (Wildman–Crippen MR) is 89.9 cm³/mol. The van der Waals surface area contributed by atoms with E-state index in [2.05, 4.69) is 20.3 Å². The Labute approximate surface area is 143 Å². The number of carbonyl (C=O) groups excluding carboxylic acids is 1. The third-order valence-electron chi connectivity index (χ3n) is 4.33. The number of nitrogens with one attached hydrogen (secondary N) is 2. The standard InChI is InChI=1S/C15H21N5O3S/c1-9-12(10(2)23-19-9)7-24-8-13(21)20-5-3-4-11(6-20)14-16-15(22)18-17-14/h11H,3-8H2,1-2H3,(H2,16,17,18,22). The van der Waals surface area contributed by atoms with Crippen molar-refractivity contribution in [1.29, 1.82) is 0 Å². The van der Waals surface area contributed by atoms with E-state index in [1.54, 1.807) is 11.8 Å². The zero-order valence-corrected chi connectivity index (χ0v) is 14.6. The molecule has 0 spiro atoms. The second-order valence-electron chi connectivity index (χ2n) is 6.04. The van der Waals surface area contributed by atoms with Crippen LogP contribution >= 0.6 is 11.8 Å². The second-order valence-corrected chi connectivity index (χ2v) is 7.02. The summed E-state index contributed by atoms with van der Waals surface area (Å²) in [4.78, 5) is 28.2. The van der Waals surface area contributed by atoms with Crippen LogP contribution < -0.4 is 5.69 Å². The number of hydrogen-bond donors (Lipinski definition) is 2. The van der Waals surface area contributed by atoms with Crippen LogP contribution in [-0.4, -0.2) is 50.0 Å². The van der Waals surface area contributed by atoms with Crippen molar-refractivity contribution in [3.8, 4) is 0 Å². The molecule has 1 aliphatic heterocycles. The Bertz CT molecular complexity index is 746. The first-order valence-corrected chi connectivity index (χ1v) is 9.12. The van der Waals surface area contributed by atoms with Crippen molar-refractivity contribution in [3.05, 3.63) is 33.3 Å². The van der Waals surface area contributed by atoms with E-state index in [4.69, 9.17) is 4.52 Å². The maximum Gasteiger partial charge on any atom is 0.340 e. The summed E-state index contributed by atoms with van der Waals surface area (Å²) in [5.41, 5.74) is 1.65. The summed E-state index contributed by atoms with van der Waals surface area (Å²) in [6.07, 6.45) is 1.84. The van der Waals surface area contributed by atoms with Crippen molar-refractivity contribution in [2.75, 3.05) is 18.8 Å². The molecule has 2 aromatic heterocycles. The predicted octanol–water partition coefficient (Wildman–Crippen LogP) is 1.34. The van der Waals surface area contributed by atoms with Crippen molar-refractivity contribution >= 4 is 17.7 Å². The van der Waals surface area contributed by atoms with Gasteiger partial charge in [0.25, 0.3) is 0 Å². The van der Waals surface area contributed by atoms with Crippen LogP contribution in [0, 0.1) is 13.8 Å². The first kappa shape index (κ1) is 16.8. The molecule has 1 aliphatic rings. The number of nitrogens with zero attached hydrogens (tertiary/aromatic N) is 3. The summed E-state index contributed by atoms with van der Waals surface area (Å²) in [6.45, 7) is 5.16. The molecule has 1 saturated heterocycles. The van der Waals surface area contributed by atoms with Gasteiger partial charge in [0, 0.05) is 30.3 Å². The lowest BCUT2D eigenvalue weighted by atomic mass is 9.97. The van der Waals surface area contributed by atoms with Crippen molar-refractivity contribution in [2.45, 2.75) is 38.4 Å². The molecule has 2 aromatic rings. The van der Waals surface area contributed by atoms with Gasteiger partial charge < -0.3 is 9.42 Å². The van der Waals surface area contributed by atoms with Gasteiger partial charge in [-0.05, 0) is 26.7 Å². The van der Waals surface area contributed by atoms with E-state index in [1.807, 2.05) is 18.7 Å². The van der Waals surface area contributed by atoms with E-state index in [0.717, 1.165) is 42.2 Å². The van der Waals surface area contributed by atoms with Gasteiger partial charge in [-0.25, -0.2) is 9.89 Å². The molecule has 0 radical (unpaired) electrons. The van der Waals surface area contributed by atoms with Crippen molar-refractivity contribution in [2.24, 2.45) is 0 Å². The molecule has 2 N–H and O–H groups in total. The SMILES string of the molecule is Cc1noc(C)c1CSCC(=O)N1CCCC(c2n[nH]c(=O)[nH]2)C1. The van der Waals surface area contributed by atoms with Crippen molar-refractivity contribution < 1.29 is 9.32 Å². The Morgan fingerprint density at radius 3 is 2.96 bits per heavy atom. The van der Waals surface area contributed by atoms with Crippen LogP contribution in [0.2, 0.25) is 0 Å². The van der Waals surface area contributed by atoms with Crippen LogP contribution in [0.5, 0.6) is 0 Å². The molecular weight excluding hydrogens is 330 g/mol. The molecular formula is C15H21N5O3S. The summed E-state index contributed by atoms with van der Waals surface area (Å²) in [5, 5.41) is 10.3. The molecule has 24 heavy (non-hydrogen) atoms. The van der Waals surface area contributed by atoms with Crippen LogP contribution in [-0.2, 0) is 10.5 Å². The Kier molecular flexibility index (Phi) is 5.08. The number of amides is 1. The lowest BCUT2D eigenvalue weighted by Crippen LogP contribution is -2.40. The third-order valence-corrected chi connectivity index (χ3v) is 5.28. The van der Waals surface area contributed by atoms with E-state index >= 15 is 0 Å². The molecule has 0 saturated carbocycles. The van der Waals surface area contributed by atoms with Crippen molar-refractivity contribution in [3.63, 3.8) is 0 Å². The van der Waals surface area contributed by atoms with Gasteiger partial charge in [-0.15, -0.1) is 11.8 Å². The smallest absolute Gasteiger partial charge is 0.340 e. The van der Waals surface area contributed by atoms with E-state index in [-0.39, 0.29) is 17.5 Å². The van der Waals surface area contributed by atoms with E-state index < -0.39 is 0 Å². The average Bonchev–Trinajstić information content (AvgIpc) is 3.15. The van der Waals surface area contributed by atoms with Gasteiger partial charge in [-0.3, -0.25) is 9.78 Å². The summed E-state index contributed by atoms with van der Waals surface area (Å²) >= 11 is 1.57. The quantitative estimate of drug-likeness (QED) is 0.842. The fourth-order valence-corrected chi connectivity index (χ4v) is 4.02. The normalized spacial score (nSPS) is 18.1. The zero-order chi connectivity index (χ0) is 17.1. The molecule has 1 unspecified atom stereocenters. The second kappa shape index (κ2) is 7.25. The minimum absolute atomic E-state index is 0.0919. The van der Waals surface area contributed by atoms with Crippen LogP contribution in [0.25, 0.3) is 0 Å². The largest absolute Gasteiger partial charge is 0.361 e. The monoisotopic (exact) mass is 351 g/mol. The lowest BCUT2D eigenvalue weighted by molar-refractivity contribution is -0.129. The van der Waals surface area contributed by atoms with Crippen LogP contribution in [0.1, 0.15) is 41.6 Å². The fraction of sp³-hybridized carbons (Fsp3) is 0.600. The molecule has 130 valence electrons. The fourth-order valence-electron chi connectivity index (χ4n) is 2.94. The molecule has 8 nitrogen and oxygen atoms in total. The molecule has 0 aliphatic carbocycles. The minimum atomic E-state index is -0.302. The molecule has 0 bridgehead atoms. The van der Waals surface area contributed by atoms with Crippen LogP contribution in [0.4, 0.5) is 0 Å². The Balaban J connectivity index is 1.52. The highest BCUT2D eigenvalue weighted by Gasteiger charge is 2.26. The first-order valence-electron chi connectivity index (χ1n) is 7.96. The average molecular weight is 351 g/mol. The van der Waals surface area contributed by atoms with Crippen LogP contribution in [0.15, 0.2) is 9.32 Å².